The number of rotatable bonds is 4. The highest BCUT2D eigenvalue weighted by Gasteiger charge is 2.21. The summed E-state index contributed by atoms with van der Waals surface area (Å²) < 4.78 is 0. The van der Waals surface area contributed by atoms with Crippen molar-refractivity contribution < 1.29 is 0 Å². The summed E-state index contributed by atoms with van der Waals surface area (Å²) in [7, 11) is 0. The molecule has 1 atom stereocenters. The maximum Gasteiger partial charge on any atom is 0.00654 e. The molecule has 0 spiro atoms. The fraction of sp³-hybridized carbons (Fsp3) is 0.778. The maximum absolute atomic E-state index is 5.80. The molecule has 1 unspecified atom stereocenters. The van der Waals surface area contributed by atoms with E-state index < -0.39 is 0 Å². The van der Waals surface area contributed by atoms with E-state index in [1.54, 1.807) is 0 Å². The standard InChI is InChI=1S/C9H20N2/c1-5-8(11)6-9(3,4)7(2)10/h8H,2,5-6,10-11H2,1,3-4H3. The first-order valence-corrected chi connectivity index (χ1v) is 4.10. The lowest BCUT2D eigenvalue weighted by Crippen LogP contribution is -2.30. The minimum atomic E-state index is -0.0184. The minimum Gasteiger partial charge on any atom is -0.402 e. The van der Waals surface area contributed by atoms with Gasteiger partial charge in [-0.25, -0.2) is 0 Å². The van der Waals surface area contributed by atoms with E-state index in [1.165, 1.54) is 0 Å². The predicted molar refractivity (Wildman–Crippen MR) is 50.0 cm³/mol. The second-order valence-electron chi connectivity index (χ2n) is 3.78. The smallest absolute Gasteiger partial charge is 0.00654 e. The van der Waals surface area contributed by atoms with Crippen LogP contribution in [0.2, 0.25) is 0 Å². The van der Waals surface area contributed by atoms with Crippen molar-refractivity contribution in [3.63, 3.8) is 0 Å². The molecule has 2 heteroatoms. The van der Waals surface area contributed by atoms with Crippen LogP contribution in [0.5, 0.6) is 0 Å². The molecule has 4 N–H and O–H groups in total. The van der Waals surface area contributed by atoms with Crippen LogP contribution in [0.4, 0.5) is 0 Å². The summed E-state index contributed by atoms with van der Waals surface area (Å²) in [6.07, 6.45) is 1.91. The Labute approximate surface area is 69.6 Å². The molecule has 0 aliphatic heterocycles. The lowest BCUT2D eigenvalue weighted by Gasteiger charge is -2.27. The summed E-state index contributed by atoms with van der Waals surface area (Å²) in [6.45, 7) is 9.97. The van der Waals surface area contributed by atoms with Crippen molar-refractivity contribution in [2.75, 3.05) is 0 Å². The van der Waals surface area contributed by atoms with E-state index in [-0.39, 0.29) is 11.5 Å². The summed E-state index contributed by atoms with van der Waals surface area (Å²) in [6, 6.07) is 0.241. The van der Waals surface area contributed by atoms with Gasteiger partial charge in [-0.05, 0) is 12.8 Å². The summed E-state index contributed by atoms with van der Waals surface area (Å²) >= 11 is 0. The van der Waals surface area contributed by atoms with Crippen LogP contribution in [-0.2, 0) is 0 Å². The van der Waals surface area contributed by atoms with Gasteiger partial charge in [0.2, 0.25) is 0 Å². The van der Waals surface area contributed by atoms with Gasteiger partial charge in [0, 0.05) is 17.2 Å². The third kappa shape index (κ3) is 3.42. The summed E-state index contributed by atoms with van der Waals surface area (Å²) in [5.74, 6) is 0. The molecule has 2 nitrogen and oxygen atoms in total. The molecular weight excluding hydrogens is 136 g/mol. The molecule has 0 amide bonds. The fourth-order valence-electron chi connectivity index (χ4n) is 0.931. The van der Waals surface area contributed by atoms with E-state index in [0.717, 1.165) is 18.5 Å². The van der Waals surface area contributed by atoms with Gasteiger partial charge in [-0.3, -0.25) is 0 Å². The predicted octanol–water partition coefficient (Wildman–Crippen LogP) is 1.61. The van der Waals surface area contributed by atoms with E-state index in [4.69, 9.17) is 11.5 Å². The minimum absolute atomic E-state index is 0.0184. The van der Waals surface area contributed by atoms with Crippen LogP contribution in [-0.4, -0.2) is 6.04 Å². The monoisotopic (exact) mass is 156 g/mol. The van der Waals surface area contributed by atoms with Gasteiger partial charge in [0.15, 0.2) is 0 Å². The topological polar surface area (TPSA) is 52.0 Å². The molecule has 0 aromatic heterocycles. The first kappa shape index (κ1) is 10.5. The quantitative estimate of drug-likeness (QED) is 0.649. The fourth-order valence-corrected chi connectivity index (χ4v) is 0.931. The number of nitrogens with two attached hydrogens (primary N) is 2. The Kier molecular flexibility index (Phi) is 3.59. The zero-order valence-electron chi connectivity index (χ0n) is 7.85. The van der Waals surface area contributed by atoms with Crippen LogP contribution < -0.4 is 11.5 Å². The van der Waals surface area contributed by atoms with Gasteiger partial charge in [-0.1, -0.05) is 27.4 Å². The van der Waals surface area contributed by atoms with Gasteiger partial charge in [0.05, 0.1) is 0 Å². The zero-order chi connectivity index (χ0) is 9.07. The third-order valence-electron chi connectivity index (χ3n) is 2.17. The Morgan fingerprint density at radius 1 is 1.55 bits per heavy atom. The lowest BCUT2D eigenvalue weighted by atomic mass is 9.83. The van der Waals surface area contributed by atoms with Gasteiger partial charge in [0.1, 0.15) is 0 Å². The van der Waals surface area contributed by atoms with Crippen molar-refractivity contribution in [3.8, 4) is 0 Å². The Morgan fingerprint density at radius 3 is 2.27 bits per heavy atom. The van der Waals surface area contributed by atoms with Gasteiger partial charge in [-0.2, -0.15) is 0 Å². The van der Waals surface area contributed by atoms with Crippen molar-refractivity contribution in [1.82, 2.24) is 0 Å². The molecule has 0 heterocycles. The Bertz CT molecular complexity index is 138. The van der Waals surface area contributed by atoms with Crippen LogP contribution in [0.3, 0.4) is 0 Å². The molecule has 0 aliphatic rings. The highest BCUT2D eigenvalue weighted by Crippen LogP contribution is 2.27. The Balaban J connectivity index is 4.01. The Hall–Kier alpha value is -0.500. The molecule has 0 radical (unpaired) electrons. The van der Waals surface area contributed by atoms with E-state index >= 15 is 0 Å². The molecule has 0 saturated carbocycles. The van der Waals surface area contributed by atoms with Crippen molar-refractivity contribution in [3.05, 3.63) is 12.3 Å². The van der Waals surface area contributed by atoms with Gasteiger partial charge >= 0.3 is 0 Å². The van der Waals surface area contributed by atoms with Gasteiger partial charge in [0.25, 0.3) is 0 Å². The van der Waals surface area contributed by atoms with Gasteiger partial charge < -0.3 is 11.5 Å². The largest absolute Gasteiger partial charge is 0.402 e. The van der Waals surface area contributed by atoms with Crippen molar-refractivity contribution >= 4 is 0 Å². The maximum atomic E-state index is 5.80. The molecule has 0 bridgehead atoms. The molecule has 11 heavy (non-hydrogen) atoms. The normalized spacial score (nSPS) is 14.5. The highest BCUT2D eigenvalue weighted by atomic mass is 14.7. The van der Waals surface area contributed by atoms with Crippen molar-refractivity contribution in [2.45, 2.75) is 39.7 Å². The van der Waals surface area contributed by atoms with E-state index in [2.05, 4.69) is 27.4 Å². The van der Waals surface area contributed by atoms with E-state index in [1.807, 2.05) is 0 Å². The van der Waals surface area contributed by atoms with Crippen LogP contribution >= 0.6 is 0 Å². The molecule has 0 aliphatic carbocycles. The van der Waals surface area contributed by atoms with E-state index in [0.29, 0.717) is 0 Å². The second-order valence-corrected chi connectivity index (χ2v) is 3.78. The lowest BCUT2D eigenvalue weighted by molar-refractivity contribution is 0.358. The molecule has 66 valence electrons. The van der Waals surface area contributed by atoms with Crippen LogP contribution in [0.25, 0.3) is 0 Å². The van der Waals surface area contributed by atoms with Crippen LogP contribution in [0.1, 0.15) is 33.6 Å². The van der Waals surface area contributed by atoms with E-state index in [9.17, 15) is 0 Å². The van der Waals surface area contributed by atoms with Crippen molar-refractivity contribution in [2.24, 2.45) is 16.9 Å². The second kappa shape index (κ2) is 3.77. The first-order chi connectivity index (χ1) is 4.90. The average molecular weight is 156 g/mol. The molecule has 0 rings (SSSR count). The average Bonchev–Trinajstić information content (AvgIpc) is 1.86. The molecule has 0 aromatic carbocycles. The molecule has 0 fully saturated rings. The third-order valence-corrected chi connectivity index (χ3v) is 2.17. The SMILES string of the molecule is C=C(N)C(C)(C)CC(N)CC. The van der Waals surface area contributed by atoms with Crippen LogP contribution in [0, 0.1) is 5.41 Å². The highest BCUT2D eigenvalue weighted by molar-refractivity contribution is 5.02. The number of hydrogen-bond donors (Lipinski definition) is 2. The summed E-state index contributed by atoms with van der Waals surface area (Å²) in [5, 5.41) is 0. The summed E-state index contributed by atoms with van der Waals surface area (Å²) in [4.78, 5) is 0. The number of allylic oxidation sites excluding steroid dienone is 1. The van der Waals surface area contributed by atoms with Crippen molar-refractivity contribution in [1.29, 1.82) is 0 Å². The first-order valence-electron chi connectivity index (χ1n) is 4.10. The molecule has 0 saturated heterocycles. The van der Waals surface area contributed by atoms with Crippen LogP contribution in [0.15, 0.2) is 12.3 Å². The zero-order valence-corrected chi connectivity index (χ0v) is 7.85. The summed E-state index contributed by atoms with van der Waals surface area (Å²) in [5.41, 5.74) is 12.1. The number of hydrogen-bond acceptors (Lipinski definition) is 2. The Morgan fingerprint density at radius 2 is 2.00 bits per heavy atom. The molecule has 0 aromatic rings. The molecular formula is C9H20N2. The van der Waals surface area contributed by atoms with Gasteiger partial charge in [-0.15, -0.1) is 0 Å².